The van der Waals surface area contributed by atoms with E-state index in [-0.39, 0.29) is 11.1 Å². The highest BCUT2D eigenvalue weighted by Crippen LogP contribution is 2.42. The van der Waals surface area contributed by atoms with Crippen LogP contribution in [0.25, 0.3) is 5.76 Å². The first-order valence-corrected chi connectivity index (χ1v) is 12.8. The van der Waals surface area contributed by atoms with Gasteiger partial charge in [0.1, 0.15) is 18.2 Å². The van der Waals surface area contributed by atoms with Gasteiger partial charge in [-0.15, -0.1) is 0 Å². The van der Waals surface area contributed by atoms with Gasteiger partial charge in [0.2, 0.25) is 0 Å². The van der Waals surface area contributed by atoms with E-state index >= 15 is 0 Å². The Bertz CT molecular complexity index is 1390. The van der Waals surface area contributed by atoms with E-state index in [9.17, 15) is 19.1 Å². The van der Waals surface area contributed by atoms with E-state index in [1.807, 2.05) is 49.3 Å². The molecule has 1 heterocycles. The number of likely N-dealkylation sites (tertiary alicyclic amines) is 1. The number of benzene rings is 3. The molecule has 3 aromatic carbocycles. The van der Waals surface area contributed by atoms with Crippen molar-refractivity contribution < 1.29 is 28.6 Å². The summed E-state index contributed by atoms with van der Waals surface area (Å²) in [6, 6.07) is 18.2. The zero-order valence-electron chi connectivity index (χ0n) is 22.6. The Morgan fingerprint density at radius 2 is 1.77 bits per heavy atom. The van der Waals surface area contributed by atoms with Gasteiger partial charge >= 0.3 is 0 Å². The van der Waals surface area contributed by atoms with Crippen LogP contribution in [0.1, 0.15) is 34.7 Å². The number of ether oxygens (including phenoxy) is 2. The fourth-order valence-corrected chi connectivity index (χ4v) is 4.62. The second-order valence-corrected chi connectivity index (χ2v) is 9.80. The van der Waals surface area contributed by atoms with E-state index in [1.54, 1.807) is 25.1 Å². The maximum absolute atomic E-state index is 14.3. The van der Waals surface area contributed by atoms with Gasteiger partial charge in [0.05, 0.1) is 18.7 Å². The number of methoxy groups -OCH3 is 1. The number of carbonyl (C=O) groups is 2. The first-order valence-electron chi connectivity index (χ1n) is 12.8. The lowest BCUT2D eigenvalue weighted by molar-refractivity contribution is -0.139. The van der Waals surface area contributed by atoms with Crippen LogP contribution in [-0.2, 0) is 16.2 Å². The fourth-order valence-electron chi connectivity index (χ4n) is 4.62. The van der Waals surface area contributed by atoms with Crippen molar-refractivity contribution >= 4 is 17.4 Å². The van der Waals surface area contributed by atoms with Crippen molar-refractivity contribution in [3.05, 3.63) is 100 Å². The first-order chi connectivity index (χ1) is 18.7. The van der Waals surface area contributed by atoms with Crippen LogP contribution in [-0.4, -0.2) is 60.9 Å². The normalized spacial score (nSPS) is 16.7. The summed E-state index contributed by atoms with van der Waals surface area (Å²) in [4.78, 5) is 29.9. The van der Waals surface area contributed by atoms with E-state index in [0.717, 1.165) is 5.56 Å². The Morgan fingerprint density at radius 3 is 2.44 bits per heavy atom. The molecule has 1 fully saturated rings. The number of aliphatic hydroxyl groups is 1. The average Bonchev–Trinajstić information content (AvgIpc) is 3.18. The summed E-state index contributed by atoms with van der Waals surface area (Å²) < 4.78 is 25.9. The van der Waals surface area contributed by atoms with Crippen molar-refractivity contribution in [3.8, 4) is 11.5 Å². The van der Waals surface area contributed by atoms with Crippen LogP contribution in [0.2, 0.25) is 0 Å². The maximum atomic E-state index is 14.3. The van der Waals surface area contributed by atoms with E-state index in [0.29, 0.717) is 48.7 Å². The Morgan fingerprint density at radius 1 is 1.03 bits per heavy atom. The van der Waals surface area contributed by atoms with Gasteiger partial charge in [0, 0.05) is 12.1 Å². The predicted molar refractivity (Wildman–Crippen MR) is 147 cm³/mol. The van der Waals surface area contributed by atoms with E-state index in [1.165, 1.54) is 30.2 Å². The van der Waals surface area contributed by atoms with Gasteiger partial charge in [0.25, 0.3) is 11.7 Å². The SMILES string of the molecule is COc1cc(C2/C(=C(/O)c3ccc(C)c(F)c3)C(=O)C(=O)N2CCCN(C)C)ccc1OCc1ccccc1. The number of carbonyl (C=O) groups excluding carboxylic acids is 2. The van der Waals surface area contributed by atoms with Crippen LogP contribution in [0.4, 0.5) is 4.39 Å². The summed E-state index contributed by atoms with van der Waals surface area (Å²) in [5, 5.41) is 11.2. The summed E-state index contributed by atoms with van der Waals surface area (Å²) in [5.74, 6) is -1.55. The van der Waals surface area contributed by atoms with Crippen molar-refractivity contribution in [2.45, 2.75) is 26.0 Å². The zero-order valence-corrected chi connectivity index (χ0v) is 22.6. The van der Waals surface area contributed by atoms with Crippen LogP contribution in [0, 0.1) is 12.7 Å². The Hall–Kier alpha value is -4.17. The number of halogens is 1. The van der Waals surface area contributed by atoms with Gasteiger partial charge in [-0.05, 0) is 68.9 Å². The Labute approximate surface area is 228 Å². The molecule has 8 heteroatoms. The molecular weight excluding hydrogens is 499 g/mol. The predicted octanol–water partition coefficient (Wildman–Crippen LogP) is 5.10. The Balaban J connectivity index is 1.75. The molecule has 204 valence electrons. The summed E-state index contributed by atoms with van der Waals surface area (Å²) in [5.41, 5.74) is 2.00. The maximum Gasteiger partial charge on any atom is 0.295 e. The molecule has 1 unspecified atom stereocenters. The molecule has 1 aliphatic heterocycles. The summed E-state index contributed by atoms with van der Waals surface area (Å²) >= 11 is 0. The third-order valence-corrected chi connectivity index (χ3v) is 6.73. The molecule has 1 aliphatic rings. The summed E-state index contributed by atoms with van der Waals surface area (Å²) in [6.07, 6.45) is 0.616. The van der Waals surface area contributed by atoms with Crippen LogP contribution >= 0.6 is 0 Å². The lowest BCUT2D eigenvalue weighted by Crippen LogP contribution is -2.32. The van der Waals surface area contributed by atoms with Gasteiger partial charge in [-0.2, -0.15) is 0 Å². The lowest BCUT2D eigenvalue weighted by atomic mass is 9.94. The molecule has 3 aromatic rings. The van der Waals surface area contributed by atoms with Crippen LogP contribution in [0.5, 0.6) is 11.5 Å². The molecule has 1 atom stereocenters. The minimum absolute atomic E-state index is 0.0897. The molecule has 0 spiro atoms. The molecule has 0 aromatic heterocycles. The fraction of sp³-hybridized carbons (Fsp3) is 0.290. The summed E-state index contributed by atoms with van der Waals surface area (Å²) in [6.45, 7) is 2.94. The van der Waals surface area contributed by atoms with E-state index in [4.69, 9.17) is 9.47 Å². The second-order valence-electron chi connectivity index (χ2n) is 9.80. The van der Waals surface area contributed by atoms with Gasteiger partial charge < -0.3 is 24.4 Å². The highest BCUT2D eigenvalue weighted by atomic mass is 19.1. The molecule has 0 saturated carbocycles. The van der Waals surface area contributed by atoms with Gasteiger partial charge in [-0.25, -0.2) is 4.39 Å². The molecule has 7 nitrogen and oxygen atoms in total. The van der Waals surface area contributed by atoms with E-state index in [2.05, 4.69) is 0 Å². The second kappa shape index (κ2) is 12.1. The zero-order chi connectivity index (χ0) is 28.1. The number of rotatable bonds is 10. The molecule has 0 bridgehead atoms. The molecule has 1 amide bonds. The van der Waals surface area contributed by atoms with Gasteiger partial charge in [-0.3, -0.25) is 9.59 Å². The summed E-state index contributed by atoms with van der Waals surface area (Å²) in [7, 11) is 5.37. The molecule has 1 N–H and O–H groups in total. The smallest absolute Gasteiger partial charge is 0.295 e. The number of Topliss-reactive ketones (excluding diaryl/α,β-unsaturated/α-hetero) is 1. The van der Waals surface area contributed by atoms with Gasteiger partial charge in [0.15, 0.2) is 11.5 Å². The largest absolute Gasteiger partial charge is 0.507 e. The number of hydrogen-bond acceptors (Lipinski definition) is 6. The van der Waals surface area contributed by atoms with Crippen molar-refractivity contribution in [1.29, 1.82) is 0 Å². The monoisotopic (exact) mass is 532 g/mol. The Kier molecular flexibility index (Phi) is 8.66. The number of hydrogen-bond donors (Lipinski definition) is 1. The molecule has 1 saturated heterocycles. The molecule has 4 rings (SSSR count). The van der Waals surface area contributed by atoms with E-state index < -0.39 is 29.3 Å². The van der Waals surface area contributed by atoms with Crippen molar-refractivity contribution in [2.24, 2.45) is 0 Å². The number of amides is 1. The lowest BCUT2D eigenvalue weighted by Gasteiger charge is -2.26. The minimum Gasteiger partial charge on any atom is -0.507 e. The topological polar surface area (TPSA) is 79.3 Å². The van der Waals surface area contributed by atoms with Crippen molar-refractivity contribution in [2.75, 3.05) is 34.3 Å². The molecule has 0 aliphatic carbocycles. The highest BCUT2D eigenvalue weighted by Gasteiger charge is 2.46. The van der Waals surface area contributed by atoms with Gasteiger partial charge in [-0.1, -0.05) is 48.5 Å². The molecule has 39 heavy (non-hydrogen) atoms. The van der Waals surface area contributed by atoms with Crippen molar-refractivity contribution in [1.82, 2.24) is 9.80 Å². The number of ketones is 1. The van der Waals surface area contributed by atoms with Crippen LogP contribution in [0.15, 0.2) is 72.3 Å². The van der Waals surface area contributed by atoms with Crippen LogP contribution < -0.4 is 9.47 Å². The number of aliphatic hydroxyl groups excluding tert-OH is 1. The molecular formula is C31H33FN2O5. The van der Waals surface area contributed by atoms with Crippen LogP contribution in [0.3, 0.4) is 0 Å². The third kappa shape index (κ3) is 6.12. The minimum atomic E-state index is -0.881. The third-order valence-electron chi connectivity index (χ3n) is 6.73. The molecule has 0 radical (unpaired) electrons. The quantitative estimate of drug-likeness (QED) is 0.223. The average molecular weight is 533 g/mol. The van der Waals surface area contributed by atoms with Crippen molar-refractivity contribution in [3.63, 3.8) is 0 Å². The highest BCUT2D eigenvalue weighted by molar-refractivity contribution is 6.46. The first kappa shape index (κ1) is 27.9. The number of aryl methyl sites for hydroxylation is 1. The number of nitrogens with zero attached hydrogens (tertiary/aromatic N) is 2. The standard InChI is InChI=1S/C31H33FN2O5/c1-20-11-12-23(17-24(20)32)29(35)27-28(34(31(37)30(27)36)16-8-15-33(2)3)22-13-14-25(26(18-22)38-4)39-19-21-9-6-5-7-10-21/h5-7,9-14,17-18,28,35H,8,15-16,19H2,1-4H3/b29-27-.